The number of benzene rings is 3. The SMILES string of the molecule is O=C(O)CCNC(=O)c1ccc(CN(c2ccc(SC(F)(F)F)cc2)c2nc(-c3ccc(Cl)cc3)cs2)cc1. The van der Waals surface area contributed by atoms with Gasteiger partial charge in [0.2, 0.25) is 0 Å². The first kappa shape index (κ1) is 28.5. The second kappa shape index (κ2) is 12.5. The minimum absolute atomic E-state index is 0.0202. The molecule has 4 aromatic rings. The van der Waals surface area contributed by atoms with E-state index >= 15 is 0 Å². The molecule has 4 rings (SSSR count). The first-order valence-electron chi connectivity index (χ1n) is 11.5. The van der Waals surface area contributed by atoms with E-state index in [0.717, 1.165) is 16.8 Å². The Morgan fingerprint density at radius 1 is 1.00 bits per heavy atom. The summed E-state index contributed by atoms with van der Waals surface area (Å²) >= 11 is 7.21. The van der Waals surface area contributed by atoms with E-state index in [1.54, 1.807) is 48.5 Å². The summed E-state index contributed by atoms with van der Waals surface area (Å²) in [6, 6.07) is 20.1. The van der Waals surface area contributed by atoms with Crippen molar-refractivity contribution in [2.75, 3.05) is 11.4 Å². The molecule has 0 spiro atoms. The normalized spacial score (nSPS) is 11.3. The average molecular weight is 592 g/mol. The zero-order valence-corrected chi connectivity index (χ0v) is 22.5. The number of nitrogens with zero attached hydrogens (tertiary/aromatic N) is 2. The van der Waals surface area contributed by atoms with Gasteiger partial charge < -0.3 is 15.3 Å². The maximum atomic E-state index is 12.8. The van der Waals surface area contributed by atoms with E-state index in [1.165, 1.54) is 23.5 Å². The highest BCUT2D eigenvalue weighted by Gasteiger charge is 2.29. The Morgan fingerprint density at radius 2 is 1.67 bits per heavy atom. The van der Waals surface area contributed by atoms with Crippen molar-refractivity contribution in [3.63, 3.8) is 0 Å². The summed E-state index contributed by atoms with van der Waals surface area (Å²) in [6.07, 6.45) is -0.176. The third-order valence-corrected chi connectivity index (χ3v) is 7.28. The number of nitrogens with one attached hydrogen (secondary N) is 1. The van der Waals surface area contributed by atoms with Gasteiger partial charge in [0.15, 0.2) is 5.13 Å². The standard InChI is InChI=1S/C27H21ClF3N3O3S2/c28-20-7-5-18(6-8-20)23-16-38-26(33-23)34(21-9-11-22(12-10-21)39-27(29,30)31)15-17-1-3-19(4-2-17)25(37)32-14-13-24(35)36/h1-12,16H,13-15H2,(H,32,37)(H,35,36). The van der Waals surface area contributed by atoms with Gasteiger partial charge in [-0.3, -0.25) is 9.59 Å². The first-order valence-corrected chi connectivity index (χ1v) is 13.6. The van der Waals surface area contributed by atoms with E-state index in [9.17, 15) is 22.8 Å². The van der Waals surface area contributed by atoms with E-state index < -0.39 is 11.5 Å². The van der Waals surface area contributed by atoms with Crippen LogP contribution < -0.4 is 10.2 Å². The van der Waals surface area contributed by atoms with Crippen molar-refractivity contribution < 1.29 is 27.9 Å². The highest BCUT2D eigenvalue weighted by molar-refractivity contribution is 8.00. The van der Waals surface area contributed by atoms with Crippen molar-refractivity contribution >= 4 is 57.4 Å². The van der Waals surface area contributed by atoms with Crippen LogP contribution in [0.1, 0.15) is 22.3 Å². The molecule has 0 saturated heterocycles. The monoisotopic (exact) mass is 591 g/mol. The molecule has 1 aromatic heterocycles. The maximum Gasteiger partial charge on any atom is 0.446 e. The molecule has 0 atom stereocenters. The lowest BCUT2D eigenvalue weighted by atomic mass is 10.1. The van der Waals surface area contributed by atoms with Crippen LogP contribution in [0.2, 0.25) is 5.02 Å². The zero-order valence-electron chi connectivity index (χ0n) is 20.1. The van der Waals surface area contributed by atoms with Gasteiger partial charge in [0.1, 0.15) is 0 Å². The second-order valence-corrected chi connectivity index (χ2v) is 10.7. The number of thioether (sulfide) groups is 1. The number of halogens is 4. The number of carbonyl (C=O) groups excluding carboxylic acids is 1. The Hall–Kier alpha value is -3.54. The molecule has 0 bridgehead atoms. The van der Waals surface area contributed by atoms with Crippen molar-refractivity contribution in [1.29, 1.82) is 0 Å². The summed E-state index contributed by atoms with van der Waals surface area (Å²) < 4.78 is 38.5. The third kappa shape index (κ3) is 8.22. The van der Waals surface area contributed by atoms with Crippen molar-refractivity contribution in [3.8, 4) is 11.3 Å². The van der Waals surface area contributed by atoms with Crippen molar-refractivity contribution in [2.45, 2.75) is 23.4 Å². The van der Waals surface area contributed by atoms with Crippen LogP contribution in [0.3, 0.4) is 0 Å². The van der Waals surface area contributed by atoms with E-state index in [2.05, 4.69) is 5.32 Å². The molecule has 0 aliphatic heterocycles. The Kier molecular flexibility index (Phi) is 9.16. The van der Waals surface area contributed by atoms with Crippen LogP contribution in [0.15, 0.2) is 83.1 Å². The molecule has 0 saturated carbocycles. The summed E-state index contributed by atoms with van der Waals surface area (Å²) in [5, 5.41) is 14.4. The number of aromatic nitrogens is 1. The summed E-state index contributed by atoms with van der Waals surface area (Å²) in [4.78, 5) is 29.7. The smallest absolute Gasteiger partial charge is 0.446 e. The molecule has 12 heteroatoms. The van der Waals surface area contributed by atoms with Gasteiger partial charge in [-0.1, -0.05) is 35.9 Å². The predicted octanol–water partition coefficient (Wildman–Crippen LogP) is 7.62. The van der Waals surface area contributed by atoms with E-state index in [0.29, 0.717) is 27.9 Å². The highest BCUT2D eigenvalue weighted by atomic mass is 35.5. The number of aliphatic carboxylic acids is 1. The average Bonchev–Trinajstić information content (AvgIpc) is 3.37. The fourth-order valence-corrected chi connectivity index (χ4v) is 5.09. The van der Waals surface area contributed by atoms with Gasteiger partial charge in [-0.25, -0.2) is 4.98 Å². The third-order valence-electron chi connectivity index (χ3n) is 5.43. The van der Waals surface area contributed by atoms with Crippen LogP contribution in [0.4, 0.5) is 24.0 Å². The number of rotatable bonds is 10. The number of anilines is 2. The molecule has 1 heterocycles. The zero-order chi connectivity index (χ0) is 28.0. The number of carboxylic acid groups (broad SMARTS) is 1. The highest BCUT2D eigenvalue weighted by Crippen LogP contribution is 2.39. The van der Waals surface area contributed by atoms with E-state index in [1.807, 2.05) is 22.4 Å². The Morgan fingerprint density at radius 3 is 2.28 bits per heavy atom. The molecule has 0 unspecified atom stereocenters. The lowest BCUT2D eigenvalue weighted by molar-refractivity contribution is -0.136. The minimum Gasteiger partial charge on any atom is -0.481 e. The molecule has 6 nitrogen and oxygen atoms in total. The van der Waals surface area contributed by atoms with Gasteiger partial charge >= 0.3 is 11.5 Å². The number of carbonyl (C=O) groups is 2. The van der Waals surface area contributed by atoms with Gasteiger partial charge in [0.25, 0.3) is 5.91 Å². The number of hydrogen-bond donors (Lipinski definition) is 2. The molecule has 39 heavy (non-hydrogen) atoms. The summed E-state index contributed by atoms with van der Waals surface area (Å²) in [6.45, 7) is 0.354. The number of amides is 1. The Balaban J connectivity index is 1.58. The van der Waals surface area contributed by atoms with E-state index in [-0.39, 0.29) is 35.5 Å². The summed E-state index contributed by atoms with van der Waals surface area (Å²) in [5.74, 6) is -1.39. The molecule has 3 aromatic carbocycles. The first-order chi connectivity index (χ1) is 18.6. The molecule has 0 aliphatic carbocycles. The molecule has 0 fully saturated rings. The van der Waals surface area contributed by atoms with Crippen LogP contribution in [0, 0.1) is 0 Å². The number of alkyl halides is 3. The van der Waals surface area contributed by atoms with Crippen LogP contribution in [0.5, 0.6) is 0 Å². The summed E-state index contributed by atoms with van der Waals surface area (Å²) in [7, 11) is 0. The van der Waals surface area contributed by atoms with Gasteiger partial charge in [-0.05, 0) is 65.9 Å². The predicted molar refractivity (Wildman–Crippen MR) is 148 cm³/mol. The van der Waals surface area contributed by atoms with Gasteiger partial charge in [0.05, 0.1) is 18.7 Å². The molecule has 0 radical (unpaired) electrons. The number of hydrogen-bond acceptors (Lipinski definition) is 6. The number of thiazole rings is 1. The topological polar surface area (TPSA) is 82.5 Å². The van der Waals surface area contributed by atoms with Crippen molar-refractivity contribution in [2.24, 2.45) is 0 Å². The molecule has 202 valence electrons. The molecule has 1 amide bonds. The molecular formula is C27H21ClF3N3O3S2. The van der Waals surface area contributed by atoms with Gasteiger partial charge in [-0.15, -0.1) is 11.3 Å². The van der Waals surface area contributed by atoms with Gasteiger partial charge in [-0.2, -0.15) is 13.2 Å². The lowest BCUT2D eigenvalue weighted by Crippen LogP contribution is -2.26. The van der Waals surface area contributed by atoms with Crippen LogP contribution in [-0.2, 0) is 11.3 Å². The fourth-order valence-electron chi connectivity index (χ4n) is 3.57. The Labute approximate surface area is 235 Å². The molecule has 2 N–H and O–H groups in total. The minimum atomic E-state index is -4.38. The number of carboxylic acids is 1. The second-order valence-electron chi connectivity index (χ2n) is 8.25. The van der Waals surface area contributed by atoms with E-state index in [4.69, 9.17) is 21.7 Å². The van der Waals surface area contributed by atoms with Crippen molar-refractivity contribution in [3.05, 3.63) is 94.3 Å². The largest absolute Gasteiger partial charge is 0.481 e. The Bertz CT molecular complexity index is 1430. The van der Waals surface area contributed by atoms with Crippen LogP contribution in [0.25, 0.3) is 11.3 Å². The molecule has 0 aliphatic rings. The van der Waals surface area contributed by atoms with Gasteiger partial charge in [0, 0.05) is 38.7 Å². The summed E-state index contributed by atoms with van der Waals surface area (Å²) in [5.41, 5.74) is -0.927. The van der Waals surface area contributed by atoms with Crippen LogP contribution >= 0.6 is 34.7 Å². The quantitative estimate of drug-likeness (QED) is 0.185. The van der Waals surface area contributed by atoms with Crippen LogP contribution in [-0.4, -0.2) is 34.0 Å². The molecular weight excluding hydrogens is 571 g/mol. The fraction of sp³-hybridized carbons (Fsp3) is 0.148. The lowest BCUT2D eigenvalue weighted by Gasteiger charge is -2.23. The maximum absolute atomic E-state index is 12.8. The van der Waals surface area contributed by atoms with Crippen molar-refractivity contribution in [1.82, 2.24) is 10.3 Å².